The van der Waals surface area contributed by atoms with E-state index in [4.69, 9.17) is 4.74 Å². The molecule has 0 unspecified atom stereocenters. The van der Waals surface area contributed by atoms with Gasteiger partial charge in [0, 0.05) is 6.20 Å². The van der Waals surface area contributed by atoms with Crippen molar-refractivity contribution >= 4 is 5.91 Å². The maximum Gasteiger partial charge on any atom is 0.223 e. The number of hydrogen-bond donors (Lipinski definition) is 1. The molecule has 0 saturated carbocycles. The van der Waals surface area contributed by atoms with Gasteiger partial charge in [-0.15, -0.1) is 0 Å². The number of benzene rings is 1. The fraction of sp³-hybridized carbons (Fsp3) is 0.294. The minimum absolute atomic E-state index is 0.0409. The van der Waals surface area contributed by atoms with E-state index in [0.717, 1.165) is 17.0 Å². The summed E-state index contributed by atoms with van der Waals surface area (Å²) in [7, 11) is 0. The molecule has 1 aromatic heterocycles. The van der Waals surface area contributed by atoms with E-state index in [9.17, 15) is 4.79 Å². The van der Waals surface area contributed by atoms with Crippen molar-refractivity contribution in [3.63, 3.8) is 0 Å². The van der Waals surface area contributed by atoms with Crippen LogP contribution in [0, 0.1) is 6.92 Å². The zero-order valence-electron chi connectivity index (χ0n) is 12.4. The Morgan fingerprint density at radius 2 is 2.14 bits per heavy atom. The molecule has 0 aliphatic heterocycles. The van der Waals surface area contributed by atoms with Crippen LogP contribution in [0.5, 0.6) is 5.75 Å². The average molecular weight is 284 g/mol. The highest BCUT2D eigenvalue weighted by Gasteiger charge is 2.10. The molecule has 110 valence electrons. The van der Waals surface area contributed by atoms with Crippen LogP contribution in [0.2, 0.25) is 0 Å². The molecule has 1 N–H and O–H groups in total. The first-order valence-corrected chi connectivity index (χ1v) is 7.05. The molecule has 2 aromatic rings. The van der Waals surface area contributed by atoms with Gasteiger partial charge in [0.25, 0.3) is 0 Å². The lowest BCUT2D eigenvalue weighted by molar-refractivity contribution is -0.122. The van der Waals surface area contributed by atoms with E-state index in [1.54, 1.807) is 6.20 Å². The molecule has 0 radical (unpaired) electrons. The zero-order chi connectivity index (χ0) is 15.1. The van der Waals surface area contributed by atoms with Gasteiger partial charge in [-0.2, -0.15) is 0 Å². The number of aryl methyl sites for hydroxylation is 1. The van der Waals surface area contributed by atoms with Gasteiger partial charge < -0.3 is 10.1 Å². The second-order valence-corrected chi connectivity index (χ2v) is 4.96. The second kappa shape index (κ2) is 7.43. The van der Waals surface area contributed by atoms with Gasteiger partial charge >= 0.3 is 0 Å². The Morgan fingerprint density at radius 3 is 2.86 bits per heavy atom. The van der Waals surface area contributed by atoms with Gasteiger partial charge in [0.2, 0.25) is 5.91 Å². The van der Waals surface area contributed by atoms with Crippen LogP contribution in [0.15, 0.2) is 48.7 Å². The predicted octanol–water partition coefficient (Wildman–Crippen LogP) is 3.04. The number of aromatic nitrogens is 1. The molecule has 0 fully saturated rings. The molecule has 21 heavy (non-hydrogen) atoms. The topological polar surface area (TPSA) is 51.2 Å². The van der Waals surface area contributed by atoms with Crippen molar-refractivity contribution in [2.75, 3.05) is 6.61 Å². The molecule has 1 heterocycles. The van der Waals surface area contributed by atoms with Gasteiger partial charge in [-0.3, -0.25) is 9.78 Å². The molecular weight excluding hydrogens is 264 g/mol. The van der Waals surface area contributed by atoms with Crippen LogP contribution in [-0.2, 0) is 4.79 Å². The van der Waals surface area contributed by atoms with Crippen molar-refractivity contribution < 1.29 is 9.53 Å². The van der Waals surface area contributed by atoms with Crippen LogP contribution in [0.4, 0.5) is 0 Å². The van der Waals surface area contributed by atoms with Gasteiger partial charge in [-0.25, -0.2) is 0 Å². The van der Waals surface area contributed by atoms with Crippen molar-refractivity contribution in [3.05, 3.63) is 59.9 Å². The summed E-state index contributed by atoms with van der Waals surface area (Å²) in [6.07, 6.45) is 2.05. The molecule has 1 amide bonds. The lowest BCUT2D eigenvalue weighted by Crippen LogP contribution is -2.28. The number of nitrogens with zero attached hydrogens (tertiary/aromatic N) is 1. The van der Waals surface area contributed by atoms with E-state index in [0.29, 0.717) is 13.0 Å². The zero-order valence-corrected chi connectivity index (χ0v) is 12.4. The first kappa shape index (κ1) is 15.0. The minimum Gasteiger partial charge on any atom is -0.493 e. The number of pyridine rings is 1. The number of ether oxygens (including phenoxy) is 1. The van der Waals surface area contributed by atoms with Gasteiger partial charge in [0.1, 0.15) is 5.75 Å². The van der Waals surface area contributed by atoms with Crippen LogP contribution in [0.1, 0.15) is 30.6 Å². The summed E-state index contributed by atoms with van der Waals surface area (Å²) < 4.78 is 5.57. The number of amides is 1. The molecule has 0 saturated heterocycles. The number of hydrogen-bond acceptors (Lipinski definition) is 3. The maximum atomic E-state index is 11.9. The number of carbonyl (C=O) groups is 1. The lowest BCUT2D eigenvalue weighted by Gasteiger charge is -2.13. The first-order valence-electron chi connectivity index (χ1n) is 7.05. The number of rotatable bonds is 6. The SMILES string of the molecule is Cc1cccc(OCCC(=O)N[C@@H](C)c2ccccn2)c1. The van der Waals surface area contributed by atoms with Crippen molar-refractivity contribution in [3.8, 4) is 5.75 Å². The van der Waals surface area contributed by atoms with Crippen LogP contribution in [-0.4, -0.2) is 17.5 Å². The van der Waals surface area contributed by atoms with E-state index in [1.165, 1.54) is 0 Å². The van der Waals surface area contributed by atoms with Crippen LogP contribution in [0.3, 0.4) is 0 Å². The molecule has 0 aliphatic carbocycles. The summed E-state index contributed by atoms with van der Waals surface area (Å²) in [5, 5.41) is 2.91. The molecule has 0 spiro atoms. The van der Waals surface area contributed by atoms with Gasteiger partial charge in [0.05, 0.1) is 24.8 Å². The summed E-state index contributed by atoms with van der Waals surface area (Å²) in [5.41, 5.74) is 1.99. The van der Waals surface area contributed by atoms with E-state index < -0.39 is 0 Å². The fourth-order valence-electron chi connectivity index (χ4n) is 1.99. The molecule has 1 atom stereocenters. The smallest absolute Gasteiger partial charge is 0.223 e. The molecule has 1 aromatic carbocycles. The Hall–Kier alpha value is -2.36. The largest absolute Gasteiger partial charge is 0.493 e. The van der Waals surface area contributed by atoms with E-state index >= 15 is 0 Å². The number of carbonyl (C=O) groups excluding carboxylic acids is 1. The summed E-state index contributed by atoms with van der Waals surface area (Å²) in [6, 6.07) is 13.4. The van der Waals surface area contributed by atoms with E-state index in [1.807, 2.05) is 56.3 Å². The third kappa shape index (κ3) is 4.91. The highest BCUT2D eigenvalue weighted by molar-refractivity contribution is 5.76. The summed E-state index contributed by atoms with van der Waals surface area (Å²) in [4.78, 5) is 16.1. The molecular formula is C17H20N2O2. The van der Waals surface area contributed by atoms with Gasteiger partial charge in [-0.05, 0) is 43.7 Å². The normalized spacial score (nSPS) is 11.7. The quantitative estimate of drug-likeness (QED) is 0.887. The minimum atomic E-state index is -0.0994. The highest BCUT2D eigenvalue weighted by Crippen LogP contribution is 2.12. The Labute approximate surface area is 125 Å². The first-order chi connectivity index (χ1) is 10.1. The Kier molecular flexibility index (Phi) is 5.32. The molecule has 0 aliphatic rings. The Bertz CT molecular complexity index is 584. The molecule has 0 bridgehead atoms. The molecule has 4 heteroatoms. The third-order valence-corrected chi connectivity index (χ3v) is 3.10. The van der Waals surface area contributed by atoms with Crippen LogP contribution >= 0.6 is 0 Å². The van der Waals surface area contributed by atoms with Crippen molar-refractivity contribution in [1.82, 2.24) is 10.3 Å². The van der Waals surface area contributed by atoms with E-state index in [-0.39, 0.29) is 11.9 Å². The second-order valence-electron chi connectivity index (χ2n) is 4.96. The van der Waals surface area contributed by atoms with Crippen molar-refractivity contribution in [2.45, 2.75) is 26.3 Å². The summed E-state index contributed by atoms with van der Waals surface area (Å²) >= 11 is 0. The Morgan fingerprint density at radius 1 is 1.29 bits per heavy atom. The fourth-order valence-corrected chi connectivity index (χ4v) is 1.99. The number of nitrogens with one attached hydrogen (secondary N) is 1. The molecule has 4 nitrogen and oxygen atoms in total. The van der Waals surface area contributed by atoms with Gasteiger partial charge in [0.15, 0.2) is 0 Å². The third-order valence-electron chi connectivity index (χ3n) is 3.10. The summed E-state index contributed by atoms with van der Waals surface area (Å²) in [5.74, 6) is 0.751. The van der Waals surface area contributed by atoms with Gasteiger partial charge in [-0.1, -0.05) is 18.2 Å². The van der Waals surface area contributed by atoms with Crippen LogP contribution < -0.4 is 10.1 Å². The summed E-state index contributed by atoms with van der Waals surface area (Å²) in [6.45, 7) is 4.29. The lowest BCUT2D eigenvalue weighted by atomic mass is 10.2. The molecule has 2 rings (SSSR count). The Balaban J connectivity index is 1.75. The monoisotopic (exact) mass is 284 g/mol. The average Bonchev–Trinajstić information content (AvgIpc) is 2.48. The predicted molar refractivity (Wildman–Crippen MR) is 82.1 cm³/mol. The maximum absolute atomic E-state index is 11.9. The highest BCUT2D eigenvalue weighted by atomic mass is 16.5. The van der Waals surface area contributed by atoms with Crippen molar-refractivity contribution in [1.29, 1.82) is 0 Å². The van der Waals surface area contributed by atoms with Crippen LogP contribution in [0.25, 0.3) is 0 Å². The van der Waals surface area contributed by atoms with Crippen molar-refractivity contribution in [2.24, 2.45) is 0 Å². The standard InChI is InChI=1S/C17H20N2O2/c1-13-6-5-7-15(12-13)21-11-9-17(20)19-14(2)16-8-3-4-10-18-16/h3-8,10,12,14H,9,11H2,1-2H3,(H,19,20)/t14-/m0/s1. The van der Waals surface area contributed by atoms with E-state index in [2.05, 4.69) is 10.3 Å².